The van der Waals surface area contributed by atoms with E-state index in [0.29, 0.717) is 18.0 Å². The number of halogens is 1. The number of ether oxygens (including phenoxy) is 1. The second kappa shape index (κ2) is 7.28. The summed E-state index contributed by atoms with van der Waals surface area (Å²) >= 11 is 5.97. The van der Waals surface area contributed by atoms with E-state index < -0.39 is 0 Å². The molecule has 2 nitrogen and oxygen atoms in total. The van der Waals surface area contributed by atoms with Crippen molar-refractivity contribution in [2.45, 2.75) is 45.2 Å². The lowest BCUT2D eigenvalue weighted by Gasteiger charge is -2.28. The fourth-order valence-electron chi connectivity index (χ4n) is 2.67. The molecule has 1 fully saturated rings. The molecule has 1 heterocycles. The Morgan fingerprint density at radius 2 is 1.89 bits per heavy atom. The highest BCUT2D eigenvalue weighted by molar-refractivity contribution is 6.30. The molecule has 106 valence electrons. The first-order valence-corrected chi connectivity index (χ1v) is 7.64. The lowest BCUT2D eigenvalue weighted by molar-refractivity contribution is 0.142. The Bertz CT molecular complexity index is 369. The Morgan fingerprint density at radius 3 is 2.58 bits per heavy atom. The van der Waals surface area contributed by atoms with Crippen molar-refractivity contribution in [1.82, 2.24) is 5.32 Å². The summed E-state index contributed by atoms with van der Waals surface area (Å²) in [5.41, 5.74) is 1.32. The number of hydrogen-bond donors (Lipinski definition) is 1. The lowest BCUT2D eigenvalue weighted by atomic mass is 9.94. The zero-order chi connectivity index (χ0) is 13.7. The summed E-state index contributed by atoms with van der Waals surface area (Å²) in [6.07, 6.45) is 3.47. The summed E-state index contributed by atoms with van der Waals surface area (Å²) in [7, 11) is 0. The minimum absolute atomic E-state index is 0.389. The normalized spacial score (nSPS) is 22.2. The van der Waals surface area contributed by atoms with E-state index in [2.05, 4.69) is 31.3 Å². The van der Waals surface area contributed by atoms with E-state index in [-0.39, 0.29) is 0 Å². The third kappa shape index (κ3) is 4.48. The van der Waals surface area contributed by atoms with Gasteiger partial charge < -0.3 is 10.1 Å². The molecule has 0 radical (unpaired) electrons. The molecule has 1 saturated heterocycles. The monoisotopic (exact) mass is 281 g/mol. The van der Waals surface area contributed by atoms with Crippen LogP contribution in [-0.2, 0) is 4.74 Å². The van der Waals surface area contributed by atoms with Crippen molar-refractivity contribution in [3.8, 4) is 0 Å². The SMILES string of the molecule is CC(C)C(NC1CCCOCC1)c1ccc(Cl)cc1. The summed E-state index contributed by atoms with van der Waals surface area (Å²) in [5.74, 6) is 0.561. The molecule has 0 aromatic heterocycles. The highest BCUT2D eigenvalue weighted by atomic mass is 35.5. The Hall–Kier alpha value is -0.570. The molecule has 2 rings (SSSR count). The van der Waals surface area contributed by atoms with Crippen molar-refractivity contribution in [3.63, 3.8) is 0 Å². The van der Waals surface area contributed by atoms with Crippen LogP contribution in [0.1, 0.15) is 44.7 Å². The highest BCUT2D eigenvalue weighted by Crippen LogP contribution is 2.25. The summed E-state index contributed by atoms with van der Waals surface area (Å²) < 4.78 is 5.53. The molecular formula is C16H24ClNO. The second-order valence-electron chi connectivity index (χ2n) is 5.68. The van der Waals surface area contributed by atoms with Crippen LogP contribution in [0.15, 0.2) is 24.3 Å². The van der Waals surface area contributed by atoms with Crippen molar-refractivity contribution in [1.29, 1.82) is 0 Å². The van der Waals surface area contributed by atoms with Gasteiger partial charge in [-0.1, -0.05) is 37.6 Å². The highest BCUT2D eigenvalue weighted by Gasteiger charge is 2.21. The minimum atomic E-state index is 0.389. The van der Waals surface area contributed by atoms with Crippen molar-refractivity contribution < 1.29 is 4.74 Å². The van der Waals surface area contributed by atoms with Crippen molar-refractivity contribution in [3.05, 3.63) is 34.9 Å². The van der Waals surface area contributed by atoms with Crippen LogP contribution >= 0.6 is 11.6 Å². The molecule has 2 atom stereocenters. The van der Waals surface area contributed by atoms with E-state index in [4.69, 9.17) is 16.3 Å². The van der Waals surface area contributed by atoms with E-state index in [0.717, 1.165) is 31.1 Å². The summed E-state index contributed by atoms with van der Waals surface area (Å²) in [4.78, 5) is 0. The van der Waals surface area contributed by atoms with Crippen LogP contribution in [0, 0.1) is 5.92 Å². The quantitative estimate of drug-likeness (QED) is 0.893. The summed E-state index contributed by atoms with van der Waals surface area (Å²) in [5, 5.41) is 4.61. The van der Waals surface area contributed by atoms with Gasteiger partial charge in [0.25, 0.3) is 0 Å². The molecule has 1 aromatic carbocycles. The first kappa shape index (κ1) is 14.8. The average molecular weight is 282 g/mol. The molecule has 19 heavy (non-hydrogen) atoms. The molecule has 0 saturated carbocycles. The van der Waals surface area contributed by atoms with E-state index in [1.807, 2.05) is 12.1 Å². The van der Waals surface area contributed by atoms with Gasteiger partial charge in [-0.05, 0) is 42.9 Å². The van der Waals surface area contributed by atoms with Gasteiger partial charge in [-0.2, -0.15) is 0 Å². The van der Waals surface area contributed by atoms with Crippen LogP contribution in [0.4, 0.5) is 0 Å². The zero-order valence-corrected chi connectivity index (χ0v) is 12.6. The van der Waals surface area contributed by atoms with Gasteiger partial charge in [-0.3, -0.25) is 0 Å². The van der Waals surface area contributed by atoms with Gasteiger partial charge in [0.1, 0.15) is 0 Å². The third-order valence-corrected chi connectivity index (χ3v) is 4.01. The van der Waals surface area contributed by atoms with E-state index in [9.17, 15) is 0 Å². The van der Waals surface area contributed by atoms with E-state index >= 15 is 0 Å². The Labute approximate surface area is 121 Å². The van der Waals surface area contributed by atoms with Crippen LogP contribution < -0.4 is 5.32 Å². The lowest BCUT2D eigenvalue weighted by Crippen LogP contribution is -2.35. The van der Waals surface area contributed by atoms with Gasteiger partial charge in [0.2, 0.25) is 0 Å². The zero-order valence-electron chi connectivity index (χ0n) is 11.9. The number of hydrogen-bond acceptors (Lipinski definition) is 2. The number of nitrogens with one attached hydrogen (secondary N) is 1. The largest absolute Gasteiger partial charge is 0.381 e. The van der Waals surface area contributed by atoms with Gasteiger partial charge >= 0.3 is 0 Å². The number of benzene rings is 1. The van der Waals surface area contributed by atoms with Crippen LogP contribution in [-0.4, -0.2) is 19.3 Å². The topological polar surface area (TPSA) is 21.3 Å². The van der Waals surface area contributed by atoms with Gasteiger partial charge in [0, 0.05) is 30.3 Å². The molecule has 1 aliphatic heterocycles. The Kier molecular flexibility index (Phi) is 5.68. The molecule has 3 heteroatoms. The van der Waals surface area contributed by atoms with Crippen LogP contribution in [0.2, 0.25) is 5.02 Å². The Morgan fingerprint density at radius 1 is 1.16 bits per heavy atom. The molecule has 0 spiro atoms. The summed E-state index contributed by atoms with van der Waals surface area (Å²) in [6, 6.07) is 9.17. The predicted octanol–water partition coefficient (Wildman–Crippen LogP) is 4.20. The standard InChI is InChI=1S/C16H24ClNO/c1-12(2)16(13-5-7-14(17)8-6-13)18-15-4-3-10-19-11-9-15/h5-8,12,15-16,18H,3-4,9-11H2,1-2H3. The molecule has 0 bridgehead atoms. The molecule has 1 aliphatic rings. The Balaban J connectivity index is 2.04. The van der Waals surface area contributed by atoms with Crippen molar-refractivity contribution >= 4 is 11.6 Å². The van der Waals surface area contributed by atoms with Crippen molar-refractivity contribution in [2.75, 3.05) is 13.2 Å². The van der Waals surface area contributed by atoms with Crippen LogP contribution in [0.3, 0.4) is 0 Å². The maximum Gasteiger partial charge on any atom is 0.0480 e. The fraction of sp³-hybridized carbons (Fsp3) is 0.625. The average Bonchev–Trinajstić information content (AvgIpc) is 2.65. The molecular weight excluding hydrogens is 258 g/mol. The van der Waals surface area contributed by atoms with Gasteiger partial charge in [-0.25, -0.2) is 0 Å². The maximum atomic E-state index is 5.97. The minimum Gasteiger partial charge on any atom is -0.381 e. The molecule has 1 N–H and O–H groups in total. The van der Waals surface area contributed by atoms with E-state index in [1.165, 1.54) is 12.0 Å². The van der Waals surface area contributed by atoms with Gasteiger partial charge in [-0.15, -0.1) is 0 Å². The molecule has 2 unspecified atom stereocenters. The second-order valence-corrected chi connectivity index (χ2v) is 6.12. The molecule has 0 aliphatic carbocycles. The van der Waals surface area contributed by atoms with Gasteiger partial charge in [0.05, 0.1) is 0 Å². The fourth-order valence-corrected chi connectivity index (χ4v) is 2.79. The van der Waals surface area contributed by atoms with Gasteiger partial charge in [0.15, 0.2) is 0 Å². The maximum absolute atomic E-state index is 5.97. The number of rotatable bonds is 4. The van der Waals surface area contributed by atoms with Crippen LogP contribution in [0.5, 0.6) is 0 Å². The van der Waals surface area contributed by atoms with E-state index in [1.54, 1.807) is 0 Å². The third-order valence-electron chi connectivity index (χ3n) is 3.76. The van der Waals surface area contributed by atoms with Crippen LogP contribution in [0.25, 0.3) is 0 Å². The first-order chi connectivity index (χ1) is 9.16. The van der Waals surface area contributed by atoms with Crippen molar-refractivity contribution in [2.24, 2.45) is 5.92 Å². The first-order valence-electron chi connectivity index (χ1n) is 7.26. The summed E-state index contributed by atoms with van der Waals surface area (Å²) in [6.45, 7) is 6.31. The smallest absolute Gasteiger partial charge is 0.0480 e. The predicted molar refractivity (Wildman–Crippen MR) is 80.6 cm³/mol. The molecule has 0 amide bonds. The molecule has 1 aromatic rings.